The lowest BCUT2D eigenvalue weighted by Gasteiger charge is -2.12. The molecule has 0 amide bonds. The summed E-state index contributed by atoms with van der Waals surface area (Å²) in [6.07, 6.45) is 0. The van der Waals surface area contributed by atoms with Gasteiger partial charge in [-0.1, -0.05) is 6.07 Å². The summed E-state index contributed by atoms with van der Waals surface area (Å²) in [5.74, 6) is 1.00. The van der Waals surface area contributed by atoms with E-state index in [4.69, 9.17) is 14.7 Å². The number of aryl methyl sites for hydroxylation is 1. The topological polar surface area (TPSA) is 76.6 Å². The normalized spacial score (nSPS) is 10.4. The highest BCUT2D eigenvalue weighted by Gasteiger charge is 2.09. The third-order valence-corrected chi connectivity index (χ3v) is 3.68. The van der Waals surface area contributed by atoms with Crippen molar-refractivity contribution in [2.45, 2.75) is 20.5 Å². The predicted octanol–water partition coefficient (Wildman–Crippen LogP) is 2.85. The zero-order valence-corrected chi connectivity index (χ0v) is 14.0. The molecule has 0 N–H and O–H groups in total. The minimum Gasteiger partial charge on any atom is -0.490 e. The first kappa shape index (κ1) is 16.5. The van der Waals surface area contributed by atoms with E-state index in [0.717, 1.165) is 5.69 Å². The van der Waals surface area contributed by atoms with Crippen LogP contribution in [0.2, 0.25) is 0 Å². The van der Waals surface area contributed by atoms with Crippen molar-refractivity contribution in [3.8, 4) is 17.6 Å². The number of ether oxygens (including phenoxy) is 2. The summed E-state index contributed by atoms with van der Waals surface area (Å²) >= 11 is 0. The zero-order chi connectivity index (χ0) is 17.8. The average molecular weight is 335 g/mol. The van der Waals surface area contributed by atoms with Crippen LogP contribution in [-0.4, -0.2) is 16.0 Å². The Morgan fingerprint density at radius 1 is 1.16 bits per heavy atom. The van der Waals surface area contributed by atoms with Crippen LogP contribution >= 0.6 is 0 Å². The van der Waals surface area contributed by atoms with Gasteiger partial charge in [-0.25, -0.2) is 4.98 Å². The van der Waals surface area contributed by atoms with Crippen LogP contribution in [0.4, 0.5) is 0 Å². The van der Waals surface area contributed by atoms with Gasteiger partial charge in [-0.15, -0.1) is 0 Å². The Labute approximate surface area is 144 Å². The van der Waals surface area contributed by atoms with Gasteiger partial charge in [-0.05, 0) is 38.1 Å². The van der Waals surface area contributed by atoms with Crippen molar-refractivity contribution in [1.82, 2.24) is 9.38 Å². The molecule has 0 aliphatic rings. The summed E-state index contributed by atoms with van der Waals surface area (Å²) in [6.45, 7) is 4.31. The highest BCUT2D eigenvalue weighted by Crippen LogP contribution is 2.28. The largest absolute Gasteiger partial charge is 0.490 e. The van der Waals surface area contributed by atoms with E-state index in [1.807, 2.05) is 26.0 Å². The molecule has 0 radical (unpaired) electrons. The quantitative estimate of drug-likeness (QED) is 0.716. The highest BCUT2D eigenvalue weighted by molar-refractivity contribution is 5.47. The van der Waals surface area contributed by atoms with E-state index in [1.165, 1.54) is 6.07 Å². The molecule has 0 aliphatic carbocycles. The second-order valence-electron chi connectivity index (χ2n) is 5.44. The van der Waals surface area contributed by atoms with Crippen LogP contribution < -0.4 is 15.0 Å². The fraction of sp³-hybridized carbons (Fsp3) is 0.211. The number of fused-ring (bicyclic) bond motifs is 1. The molecule has 3 aromatic rings. The highest BCUT2D eigenvalue weighted by atomic mass is 16.5. The van der Waals surface area contributed by atoms with Crippen LogP contribution in [0, 0.1) is 18.3 Å². The molecule has 0 saturated heterocycles. The lowest BCUT2D eigenvalue weighted by atomic mass is 10.2. The van der Waals surface area contributed by atoms with Gasteiger partial charge in [0, 0.05) is 17.8 Å². The maximum absolute atomic E-state index is 12.3. The maximum Gasteiger partial charge on any atom is 0.258 e. The third-order valence-electron chi connectivity index (χ3n) is 3.68. The van der Waals surface area contributed by atoms with E-state index in [2.05, 4.69) is 11.1 Å². The Morgan fingerprint density at radius 2 is 2.00 bits per heavy atom. The van der Waals surface area contributed by atoms with Crippen molar-refractivity contribution in [1.29, 1.82) is 5.26 Å². The minimum absolute atomic E-state index is 0.131. The lowest BCUT2D eigenvalue weighted by molar-refractivity contribution is 0.266. The van der Waals surface area contributed by atoms with E-state index >= 15 is 0 Å². The fourth-order valence-corrected chi connectivity index (χ4v) is 2.55. The smallest absolute Gasteiger partial charge is 0.258 e. The molecule has 6 heteroatoms. The van der Waals surface area contributed by atoms with Crippen molar-refractivity contribution in [2.75, 3.05) is 6.61 Å². The molecular weight excluding hydrogens is 318 g/mol. The van der Waals surface area contributed by atoms with E-state index in [-0.39, 0.29) is 12.2 Å². The zero-order valence-electron chi connectivity index (χ0n) is 14.0. The van der Waals surface area contributed by atoms with Crippen LogP contribution in [0.1, 0.15) is 23.9 Å². The van der Waals surface area contributed by atoms with Gasteiger partial charge in [0.1, 0.15) is 12.3 Å². The number of rotatable bonds is 5. The van der Waals surface area contributed by atoms with Crippen molar-refractivity contribution < 1.29 is 9.47 Å². The van der Waals surface area contributed by atoms with Gasteiger partial charge in [-0.2, -0.15) is 5.26 Å². The van der Waals surface area contributed by atoms with Crippen molar-refractivity contribution in [3.05, 3.63) is 69.8 Å². The van der Waals surface area contributed by atoms with E-state index < -0.39 is 0 Å². The Morgan fingerprint density at radius 3 is 2.76 bits per heavy atom. The molecule has 0 atom stereocenters. The molecule has 0 aliphatic heterocycles. The molecule has 6 nitrogen and oxygen atoms in total. The number of nitriles is 1. The Bertz CT molecular complexity index is 1020. The summed E-state index contributed by atoms with van der Waals surface area (Å²) in [6, 6.07) is 14.0. The molecule has 1 aromatic carbocycles. The summed E-state index contributed by atoms with van der Waals surface area (Å²) in [5.41, 5.74) is 2.28. The monoisotopic (exact) mass is 335 g/mol. The SMILES string of the molecule is CCOc1cc(C#N)ccc1OCc1cc(=O)n2c(C)cccc2n1. The first-order valence-electron chi connectivity index (χ1n) is 7.90. The van der Waals surface area contributed by atoms with E-state index in [0.29, 0.717) is 35.0 Å². The van der Waals surface area contributed by atoms with Crippen molar-refractivity contribution in [2.24, 2.45) is 0 Å². The maximum atomic E-state index is 12.3. The van der Waals surface area contributed by atoms with Gasteiger partial charge in [-0.3, -0.25) is 9.20 Å². The Kier molecular flexibility index (Phi) is 4.66. The van der Waals surface area contributed by atoms with Crippen molar-refractivity contribution in [3.63, 3.8) is 0 Å². The summed E-state index contributed by atoms with van der Waals surface area (Å²) in [4.78, 5) is 16.8. The number of benzene rings is 1. The molecule has 3 rings (SSSR count). The molecule has 25 heavy (non-hydrogen) atoms. The second-order valence-corrected chi connectivity index (χ2v) is 5.44. The second kappa shape index (κ2) is 7.05. The molecule has 126 valence electrons. The third kappa shape index (κ3) is 3.45. The van der Waals surface area contributed by atoms with Gasteiger partial charge in [0.15, 0.2) is 11.5 Å². The molecule has 0 saturated carbocycles. The van der Waals surface area contributed by atoms with Gasteiger partial charge in [0.25, 0.3) is 5.56 Å². The number of aromatic nitrogens is 2. The summed E-state index contributed by atoms with van der Waals surface area (Å²) < 4.78 is 12.8. The lowest BCUT2D eigenvalue weighted by Crippen LogP contribution is -2.18. The van der Waals surface area contributed by atoms with Crippen LogP contribution in [0.15, 0.2) is 47.3 Å². The standard InChI is InChI=1S/C19H17N3O3/c1-3-24-17-9-14(11-20)7-8-16(17)25-12-15-10-19(23)22-13(2)5-4-6-18(22)21-15/h4-10H,3,12H2,1-2H3. The average Bonchev–Trinajstić information content (AvgIpc) is 2.60. The number of pyridine rings is 1. The molecule has 0 unspecified atom stereocenters. The first-order chi connectivity index (χ1) is 12.1. The fourth-order valence-electron chi connectivity index (χ4n) is 2.55. The first-order valence-corrected chi connectivity index (χ1v) is 7.90. The van der Waals surface area contributed by atoms with Gasteiger partial charge in [0.05, 0.1) is 23.9 Å². The van der Waals surface area contributed by atoms with Crippen LogP contribution in [0.25, 0.3) is 5.65 Å². The van der Waals surface area contributed by atoms with Crippen LogP contribution in [0.5, 0.6) is 11.5 Å². The van der Waals surface area contributed by atoms with Gasteiger partial charge >= 0.3 is 0 Å². The number of nitrogens with zero attached hydrogens (tertiary/aromatic N) is 3. The molecule has 2 heterocycles. The summed E-state index contributed by atoms with van der Waals surface area (Å²) in [5, 5.41) is 8.99. The number of hydrogen-bond donors (Lipinski definition) is 0. The minimum atomic E-state index is -0.147. The predicted molar refractivity (Wildman–Crippen MR) is 92.9 cm³/mol. The van der Waals surface area contributed by atoms with E-state index in [1.54, 1.807) is 28.7 Å². The van der Waals surface area contributed by atoms with Crippen LogP contribution in [0.3, 0.4) is 0 Å². The Balaban J connectivity index is 1.88. The summed E-state index contributed by atoms with van der Waals surface area (Å²) in [7, 11) is 0. The molecular formula is C19H17N3O3. The Hall–Kier alpha value is -3.33. The molecule has 2 aromatic heterocycles. The van der Waals surface area contributed by atoms with Gasteiger partial charge in [0.2, 0.25) is 0 Å². The number of hydrogen-bond acceptors (Lipinski definition) is 5. The van der Waals surface area contributed by atoms with E-state index in [9.17, 15) is 4.79 Å². The molecule has 0 spiro atoms. The molecule has 0 fully saturated rings. The van der Waals surface area contributed by atoms with Gasteiger partial charge < -0.3 is 9.47 Å². The van der Waals surface area contributed by atoms with Crippen molar-refractivity contribution >= 4 is 5.65 Å². The molecule has 0 bridgehead atoms. The van der Waals surface area contributed by atoms with Crippen LogP contribution in [-0.2, 0) is 6.61 Å².